The number of H-pyrrole nitrogens is 1. The summed E-state index contributed by atoms with van der Waals surface area (Å²) in [7, 11) is 0. The molecule has 136 valence electrons. The minimum absolute atomic E-state index is 0. The Kier molecular flexibility index (Phi) is 5.59. The van der Waals surface area contributed by atoms with Crippen molar-refractivity contribution in [2.24, 2.45) is 5.73 Å². The molecule has 3 N–H and O–H groups in total. The molecule has 1 saturated heterocycles. The lowest BCUT2D eigenvalue weighted by atomic mass is 9.95. The molecule has 0 radical (unpaired) electrons. The number of carbonyl (C=O) groups is 1. The van der Waals surface area contributed by atoms with Crippen LogP contribution in [0, 0.1) is 0 Å². The number of benzene rings is 2. The zero-order valence-electron chi connectivity index (χ0n) is 14.5. The summed E-state index contributed by atoms with van der Waals surface area (Å²) in [5, 5.41) is 0. The highest BCUT2D eigenvalue weighted by Gasteiger charge is 2.26. The predicted octanol–water partition coefficient (Wildman–Crippen LogP) is 3.46. The molecule has 2 aromatic carbocycles. The molecule has 1 aliphatic rings. The number of aromatic amines is 1. The summed E-state index contributed by atoms with van der Waals surface area (Å²) in [6, 6.07) is 15.7. The molecule has 0 atom stereocenters. The largest absolute Gasteiger partial charge is 0.342 e. The van der Waals surface area contributed by atoms with E-state index in [0.717, 1.165) is 53.9 Å². The Morgan fingerprint density at radius 2 is 1.81 bits per heavy atom. The molecule has 26 heavy (non-hydrogen) atoms. The first kappa shape index (κ1) is 18.4. The molecule has 4 rings (SSSR count). The number of aromatic nitrogens is 2. The summed E-state index contributed by atoms with van der Waals surface area (Å²) in [5.41, 5.74) is 9.48. The molecule has 1 amide bonds. The number of amides is 1. The van der Waals surface area contributed by atoms with Gasteiger partial charge in [0.05, 0.1) is 11.0 Å². The summed E-state index contributed by atoms with van der Waals surface area (Å²) in [6.07, 6.45) is 1.87. The number of piperidine rings is 1. The van der Waals surface area contributed by atoms with Gasteiger partial charge in [-0.25, -0.2) is 4.98 Å². The van der Waals surface area contributed by atoms with E-state index in [-0.39, 0.29) is 18.3 Å². The second-order valence-electron chi connectivity index (χ2n) is 6.61. The second-order valence-corrected chi connectivity index (χ2v) is 6.61. The van der Waals surface area contributed by atoms with Crippen molar-refractivity contribution < 1.29 is 4.79 Å². The average Bonchev–Trinajstić information content (AvgIpc) is 3.12. The molecule has 2 heterocycles. The minimum atomic E-state index is 0. The maximum absolute atomic E-state index is 12.7. The number of para-hydroxylation sites is 2. The molecule has 0 spiro atoms. The lowest BCUT2D eigenvalue weighted by molar-refractivity contribution is 0.0711. The van der Waals surface area contributed by atoms with E-state index < -0.39 is 0 Å². The van der Waals surface area contributed by atoms with E-state index in [0.29, 0.717) is 12.5 Å². The van der Waals surface area contributed by atoms with Crippen LogP contribution in [0.4, 0.5) is 0 Å². The van der Waals surface area contributed by atoms with Crippen LogP contribution in [-0.4, -0.2) is 33.9 Å². The monoisotopic (exact) mass is 370 g/mol. The van der Waals surface area contributed by atoms with Crippen LogP contribution in [0.3, 0.4) is 0 Å². The van der Waals surface area contributed by atoms with Crippen molar-refractivity contribution in [1.82, 2.24) is 14.9 Å². The molecule has 0 unspecified atom stereocenters. The molecular formula is C20H23ClN4O. The quantitative estimate of drug-likeness (QED) is 0.741. The van der Waals surface area contributed by atoms with Crippen molar-refractivity contribution in [3.05, 3.63) is 65.5 Å². The van der Waals surface area contributed by atoms with Gasteiger partial charge in [0.1, 0.15) is 5.82 Å². The number of nitrogens with zero attached hydrogens (tertiary/aromatic N) is 2. The number of nitrogens with two attached hydrogens (primary N) is 1. The first-order valence-corrected chi connectivity index (χ1v) is 8.77. The lowest BCUT2D eigenvalue weighted by Gasteiger charge is -2.31. The third-order valence-electron chi connectivity index (χ3n) is 5.01. The Bertz CT molecular complexity index is 849. The maximum atomic E-state index is 12.7. The highest BCUT2D eigenvalue weighted by Crippen LogP contribution is 2.28. The fourth-order valence-electron chi connectivity index (χ4n) is 3.49. The smallest absolute Gasteiger partial charge is 0.253 e. The van der Waals surface area contributed by atoms with E-state index in [9.17, 15) is 4.79 Å². The van der Waals surface area contributed by atoms with Crippen LogP contribution in [0.25, 0.3) is 11.0 Å². The number of halogens is 1. The van der Waals surface area contributed by atoms with Crippen molar-refractivity contribution >= 4 is 29.3 Å². The van der Waals surface area contributed by atoms with Crippen LogP contribution in [0.2, 0.25) is 0 Å². The van der Waals surface area contributed by atoms with Gasteiger partial charge in [-0.15, -0.1) is 12.4 Å². The van der Waals surface area contributed by atoms with Crippen LogP contribution in [0.1, 0.15) is 40.5 Å². The molecule has 6 heteroatoms. The number of hydrogen-bond acceptors (Lipinski definition) is 3. The number of likely N-dealkylation sites (tertiary alicyclic amines) is 1. The molecule has 1 fully saturated rings. The molecule has 1 aliphatic heterocycles. The number of imidazole rings is 1. The van der Waals surface area contributed by atoms with Gasteiger partial charge >= 0.3 is 0 Å². The molecule has 1 aromatic heterocycles. The van der Waals surface area contributed by atoms with E-state index in [1.54, 1.807) is 0 Å². The van der Waals surface area contributed by atoms with Gasteiger partial charge in [0.15, 0.2) is 0 Å². The van der Waals surface area contributed by atoms with Gasteiger partial charge in [0.2, 0.25) is 0 Å². The standard InChI is InChI=1S/C20H22N4O.ClH/c21-13-14-5-7-16(8-6-14)20(25)24-11-9-15(10-12-24)19-22-17-3-1-2-4-18(17)23-19;/h1-8,15H,9-13,21H2,(H,22,23);1H. The normalized spacial score (nSPS) is 15.0. The third kappa shape index (κ3) is 3.59. The Morgan fingerprint density at radius 1 is 1.12 bits per heavy atom. The van der Waals surface area contributed by atoms with Crippen molar-refractivity contribution in [3.63, 3.8) is 0 Å². The summed E-state index contributed by atoms with van der Waals surface area (Å²) in [6.45, 7) is 2.02. The van der Waals surface area contributed by atoms with Crippen molar-refractivity contribution in [3.8, 4) is 0 Å². The zero-order valence-corrected chi connectivity index (χ0v) is 15.3. The highest BCUT2D eigenvalue weighted by atomic mass is 35.5. The number of nitrogens with one attached hydrogen (secondary N) is 1. The van der Waals surface area contributed by atoms with Crippen molar-refractivity contribution in [2.75, 3.05) is 13.1 Å². The fourth-order valence-corrected chi connectivity index (χ4v) is 3.49. The number of carbonyl (C=O) groups excluding carboxylic acids is 1. The minimum Gasteiger partial charge on any atom is -0.342 e. The van der Waals surface area contributed by atoms with Crippen molar-refractivity contribution in [2.45, 2.75) is 25.3 Å². The van der Waals surface area contributed by atoms with Crippen LogP contribution in [-0.2, 0) is 6.54 Å². The topological polar surface area (TPSA) is 75.0 Å². The van der Waals surface area contributed by atoms with Crippen LogP contribution in [0.5, 0.6) is 0 Å². The number of hydrogen-bond donors (Lipinski definition) is 2. The van der Waals surface area contributed by atoms with E-state index in [1.807, 2.05) is 47.4 Å². The second kappa shape index (κ2) is 7.89. The Hall–Kier alpha value is -2.37. The summed E-state index contributed by atoms with van der Waals surface area (Å²) in [4.78, 5) is 22.7. The molecule has 0 saturated carbocycles. The van der Waals surface area contributed by atoms with Gasteiger partial charge in [-0.3, -0.25) is 4.79 Å². The van der Waals surface area contributed by atoms with Crippen molar-refractivity contribution in [1.29, 1.82) is 0 Å². The molecule has 3 aromatic rings. The average molecular weight is 371 g/mol. The SMILES string of the molecule is Cl.NCc1ccc(C(=O)N2CCC(c3nc4ccccc4[nH]3)CC2)cc1. The number of rotatable bonds is 3. The lowest BCUT2D eigenvalue weighted by Crippen LogP contribution is -2.38. The molecule has 5 nitrogen and oxygen atoms in total. The molecule has 0 bridgehead atoms. The molecular weight excluding hydrogens is 348 g/mol. The molecule has 0 aliphatic carbocycles. The highest BCUT2D eigenvalue weighted by molar-refractivity contribution is 5.94. The van der Waals surface area contributed by atoms with Gasteiger partial charge in [-0.05, 0) is 42.7 Å². The van der Waals surface area contributed by atoms with Crippen LogP contribution < -0.4 is 5.73 Å². The maximum Gasteiger partial charge on any atom is 0.253 e. The zero-order chi connectivity index (χ0) is 17.2. The van der Waals surface area contributed by atoms with Crippen LogP contribution in [0.15, 0.2) is 48.5 Å². The van der Waals surface area contributed by atoms with Gasteiger partial charge in [-0.1, -0.05) is 24.3 Å². The third-order valence-corrected chi connectivity index (χ3v) is 5.01. The van der Waals surface area contributed by atoms with Gasteiger partial charge < -0.3 is 15.6 Å². The predicted molar refractivity (Wildman–Crippen MR) is 106 cm³/mol. The summed E-state index contributed by atoms with van der Waals surface area (Å²) >= 11 is 0. The van der Waals surface area contributed by atoms with E-state index >= 15 is 0 Å². The Balaban J connectivity index is 0.00000196. The Labute approximate surface area is 159 Å². The van der Waals surface area contributed by atoms with E-state index in [2.05, 4.69) is 11.1 Å². The van der Waals surface area contributed by atoms with Gasteiger partial charge in [0.25, 0.3) is 5.91 Å². The van der Waals surface area contributed by atoms with E-state index in [1.165, 1.54) is 0 Å². The van der Waals surface area contributed by atoms with E-state index in [4.69, 9.17) is 10.7 Å². The summed E-state index contributed by atoms with van der Waals surface area (Å²) < 4.78 is 0. The Morgan fingerprint density at radius 3 is 2.46 bits per heavy atom. The number of fused-ring (bicyclic) bond motifs is 1. The fraction of sp³-hybridized carbons (Fsp3) is 0.300. The van der Waals surface area contributed by atoms with Crippen LogP contribution >= 0.6 is 12.4 Å². The van der Waals surface area contributed by atoms with Gasteiger partial charge in [-0.2, -0.15) is 0 Å². The van der Waals surface area contributed by atoms with Gasteiger partial charge in [0, 0.05) is 31.1 Å². The first-order chi connectivity index (χ1) is 12.2. The first-order valence-electron chi connectivity index (χ1n) is 8.77. The summed E-state index contributed by atoms with van der Waals surface area (Å²) in [5.74, 6) is 1.53.